The molecule has 3 aromatic rings. The first-order chi connectivity index (χ1) is 14.5. The molecule has 3 rings (SSSR count). The van der Waals surface area contributed by atoms with Crippen LogP contribution in [0.2, 0.25) is 10.0 Å². The summed E-state index contributed by atoms with van der Waals surface area (Å²) in [4.78, 5) is 25.7. The van der Waals surface area contributed by atoms with Crippen LogP contribution in [-0.4, -0.2) is 26.7 Å². The number of phenols is 1. The summed E-state index contributed by atoms with van der Waals surface area (Å²) in [6.45, 7) is 5.03. The molecule has 0 radical (unpaired) electrons. The zero-order valence-electron chi connectivity index (χ0n) is 17.3. The van der Waals surface area contributed by atoms with Crippen LogP contribution < -0.4 is 0 Å². The minimum atomic E-state index is -1.46. The van der Waals surface area contributed by atoms with E-state index in [1.165, 1.54) is 35.8 Å². The van der Waals surface area contributed by atoms with Gasteiger partial charge in [-0.25, -0.2) is 4.39 Å². The van der Waals surface area contributed by atoms with E-state index >= 15 is 4.39 Å². The van der Waals surface area contributed by atoms with Gasteiger partial charge in [0.25, 0.3) is 5.91 Å². The van der Waals surface area contributed by atoms with E-state index < -0.39 is 28.9 Å². The van der Waals surface area contributed by atoms with Gasteiger partial charge in [-0.05, 0) is 50.6 Å². The number of carbonyl (C=O) groups excluding carboxylic acids is 1. The van der Waals surface area contributed by atoms with Gasteiger partial charge in [-0.15, -0.1) is 0 Å². The smallest absolute Gasteiger partial charge is 0.313 e. The molecule has 8 heteroatoms. The zero-order valence-corrected chi connectivity index (χ0v) is 18.8. The number of aromatic nitrogens is 1. The fourth-order valence-electron chi connectivity index (χ4n) is 4.02. The Morgan fingerprint density at radius 3 is 2.42 bits per heavy atom. The Kier molecular flexibility index (Phi) is 6.35. The third-order valence-corrected chi connectivity index (χ3v) is 6.45. The van der Waals surface area contributed by atoms with Crippen LogP contribution in [0.5, 0.6) is 5.75 Å². The van der Waals surface area contributed by atoms with Gasteiger partial charge in [-0.3, -0.25) is 14.2 Å². The van der Waals surface area contributed by atoms with Gasteiger partial charge in [0.05, 0.1) is 21.0 Å². The molecule has 0 amide bonds. The molecule has 164 valence electrons. The van der Waals surface area contributed by atoms with E-state index in [1.54, 1.807) is 6.92 Å². The lowest BCUT2D eigenvalue weighted by Gasteiger charge is -2.26. The number of aliphatic carboxylic acids is 1. The minimum absolute atomic E-state index is 0.0769. The lowest BCUT2D eigenvalue weighted by Crippen LogP contribution is -2.33. The number of carboxylic acid groups (broad SMARTS) is 1. The van der Waals surface area contributed by atoms with E-state index in [0.717, 1.165) is 12.5 Å². The monoisotopic (exact) mass is 465 g/mol. The van der Waals surface area contributed by atoms with Gasteiger partial charge in [-0.1, -0.05) is 43.0 Å². The Bertz CT molecular complexity index is 1200. The third-order valence-electron chi connectivity index (χ3n) is 5.71. The molecular weight excluding hydrogens is 444 g/mol. The van der Waals surface area contributed by atoms with Gasteiger partial charge < -0.3 is 10.2 Å². The average Bonchev–Trinajstić information content (AvgIpc) is 3.03. The summed E-state index contributed by atoms with van der Waals surface area (Å²) in [5.41, 5.74) is -0.624. The molecule has 2 aromatic carbocycles. The number of unbranched alkanes of at least 4 members (excludes halogenated alkanes) is 1. The number of benzene rings is 2. The Morgan fingerprint density at radius 1 is 1.16 bits per heavy atom. The van der Waals surface area contributed by atoms with Gasteiger partial charge >= 0.3 is 5.97 Å². The molecule has 0 fully saturated rings. The van der Waals surface area contributed by atoms with Crippen LogP contribution in [0.3, 0.4) is 0 Å². The third kappa shape index (κ3) is 3.79. The van der Waals surface area contributed by atoms with Gasteiger partial charge in [0.1, 0.15) is 0 Å². The molecule has 2 N–H and O–H groups in total. The summed E-state index contributed by atoms with van der Waals surface area (Å²) >= 11 is 12.0. The molecule has 1 atom stereocenters. The number of carboxylic acids is 1. The highest BCUT2D eigenvalue weighted by Gasteiger charge is 2.41. The standard InChI is InChI=1S/C23H22Cl2FNO4/c1-4-5-10-23(3,22(30)31)19-12(2)27(16-8-9-17(28)20(26)18(16)19)21(29)13-6-7-14(24)15(25)11-13/h6-9,11,28H,4-5,10H2,1-3H3,(H,30,31)/t23-/m1/s1. The van der Waals surface area contributed by atoms with E-state index in [4.69, 9.17) is 23.2 Å². The van der Waals surface area contributed by atoms with Gasteiger partial charge in [0.15, 0.2) is 11.6 Å². The first-order valence-corrected chi connectivity index (χ1v) is 10.6. The van der Waals surface area contributed by atoms with Crippen molar-refractivity contribution < 1.29 is 24.2 Å². The van der Waals surface area contributed by atoms with Crippen molar-refractivity contribution >= 4 is 46.0 Å². The maximum Gasteiger partial charge on any atom is 0.313 e. The predicted molar refractivity (Wildman–Crippen MR) is 119 cm³/mol. The van der Waals surface area contributed by atoms with Crippen LogP contribution in [-0.2, 0) is 10.2 Å². The van der Waals surface area contributed by atoms with Crippen LogP contribution in [0.1, 0.15) is 54.7 Å². The van der Waals surface area contributed by atoms with Crippen molar-refractivity contribution in [2.75, 3.05) is 0 Å². The predicted octanol–water partition coefficient (Wildman–Crippen LogP) is 6.32. The topological polar surface area (TPSA) is 79.5 Å². The summed E-state index contributed by atoms with van der Waals surface area (Å²) in [5.74, 6) is -3.22. The molecule has 0 aliphatic heterocycles. The number of halogens is 3. The summed E-state index contributed by atoms with van der Waals surface area (Å²) in [5, 5.41) is 20.5. The Morgan fingerprint density at radius 2 is 1.84 bits per heavy atom. The number of rotatable bonds is 6. The van der Waals surface area contributed by atoms with E-state index in [0.29, 0.717) is 6.42 Å². The van der Waals surface area contributed by atoms with Crippen LogP contribution in [0.4, 0.5) is 4.39 Å². The van der Waals surface area contributed by atoms with Crippen LogP contribution >= 0.6 is 23.2 Å². The van der Waals surface area contributed by atoms with Crippen molar-refractivity contribution in [1.29, 1.82) is 0 Å². The van der Waals surface area contributed by atoms with Crippen LogP contribution in [0, 0.1) is 12.7 Å². The number of fused-ring (bicyclic) bond motifs is 1. The number of phenolic OH excluding ortho intramolecular Hbond substituents is 1. The lowest BCUT2D eigenvalue weighted by molar-refractivity contribution is -0.143. The number of nitrogens with zero attached hydrogens (tertiary/aromatic N) is 1. The Labute approximate surface area is 189 Å². The second-order valence-corrected chi connectivity index (χ2v) is 8.58. The molecule has 0 saturated carbocycles. The van der Waals surface area contributed by atoms with E-state index in [2.05, 4.69) is 0 Å². The van der Waals surface area contributed by atoms with Gasteiger partial charge in [0.2, 0.25) is 0 Å². The molecule has 0 spiro atoms. The molecular formula is C23H22Cl2FNO4. The molecule has 0 unspecified atom stereocenters. The summed E-state index contributed by atoms with van der Waals surface area (Å²) < 4.78 is 16.4. The second-order valence-electron chi connectivity index (χ2n) is 7.76. The quantitative estimate of drug-likeness (QED) is 0.446. The first-order valence-electron chi connectivity index (χ1n) is 9.80. The largest absolute Gasteiger partial charge is 0.505 e. The summed E-state index contributed by atoms with van der Waals surface area (Å²) in [6, 6.07) is 6.92. The molecule has 31 heavy (non-hydrogen) atoms. The van der Waals surface area contributed by atoms with Crippen molar-refractivity contribution in [3.63, 3.8) is 0 Å². The van der Waals surface area contributed by atoms with E-state index in [9.17, 15) is 19.8 Å². The SMILES string of the molecule is CCCC[C@@](C)(C(=O)O)c1c(C)n(C(=O)c2ccc(Cl)c(Cl)c2)c2ccc(O)c(F)c12. The van der Waals surface area contributed by atoms with Crippen molar-refractivity contribution in [2.24, 2.45) is 0 Å². The molecule has 1 heterocycles. The molecule has 1 aromatic heterocycles. The molecule has 5 nitrogen and oxygen atoms in total. The lowest BCUT2D eigenvalue weighted by atomic mass is 9.76. The van der Waals surface area contributed by atoms with Crippen molar-refractivity contribution in [2.45, 2.75) is 45.4 Å². The normalized spacial score (nSPS) is 13.4. The maximum absolute atomic E-state index is 15.1. The van der Waals surface area contributed by atoms with E-state index in [-0.39, 0.29) is 44.2 Å². The number of carbonyl (C=O) groups is 2. The fourth-order valence-corrected chi connectivity index (χ4v) is 4.31. The van der Waals surface area contributed by atoms with Crippen LogP contribution in [0.15, 0.2) is 30.3 Å². The Hall–Kier alpha value is -2.57. The summed E-state index contributed by atoms with van der Waals surface area (Å²) in [6.07, 6.45) is 1.58. The highest BCUT2D eigenvalue weighted by atomic mass is 35.5. The number of hydrogen-bond donors (Lipinski definition) is 2. The average molecular weight is 466 g/mol. The zero-order chi connectivity index (χ0) is 23.1. The van der Waals surface area contributed by atoms with Gasteiger partial charge in [0, 0.05) is 22.2 Å². The number of aromatic hydroxyl groups is 1. The molecule has 0 aliphatic carbocycles. The van der Waals surface area contributed by atoms with Crippen LogP contribution in [0.25, 0.3) is 10.9 Å². The van der Waals surface area contributed by atoms with Crippen molar-refractivity contribution in [3.05, 3.63) is 63.0 Å². The molecule has 0 bridgehead atoms. The Balaban J connectivity index is 2.38. The van der Waals surface area contributed by atoms with Crippen molar-refractivity contribution in [1.82, 2.24) is 4.57 Å². The highest BCUT2D eigenvalue weighted by molar-refractivity contribution is 6.42. The van der Waals surface area contributed by atoms with Crippen molar-refractivity contribution in [3.8, 4) is 5.75 Å². The maximum atomic E-state index is 15.1. The van der Waals surface area contributed by atoms with E-state index in [1.807, 2.05) is 6.92 Å². The van der Waals surface area contributed by atoms with Gasteiger partial charge in [-0.2, -0.15) is 0 Å². The fraction of sp³-hybridized carbons (Fsp3) is 0.304. The molecule has 0 aliphatic rings. The highest BCUT2D eigenvalue weighted by Crippen LogP contribution is 2.42. The number of hydrogen-bond acceptors (Lipinski definition) is 3. The molecule has 0 saturated heterocycles. The second kappa shape index (κ2) is 8.52. The summed E-state index contributed by atoms with van der Waals surface area (Å²) in [7, 11) is 0. The minimum Gasteiger partial charge on any atom is -0.505 e. The first kappa shape index (κ1) is 23.1.